The van der Waals surface area contributed by atoms with Crippen LogP contribution in [0.15, 0.2) is 47.2 Å². The zero-order valence-electron chi connectivity index (χ0n) is 14.1. The molecule has 1 unspecified atom stereocenters. The van der Waals surface area contributed by atoms with Crippen molar-refractivity contribution in [3.05, 3.63) is 65.8 Å². The van der Waals surface area contributed by atoms with E-state index in [1.807, 2.05) is 30.6 Å². The van der Waals surface area contributed by atoms with Gasteiger partial charge in [0.05, 0.1) is 6.54 Å². The SMILES string of the molecule is CCc1nccn1CC(C)NCc1nc(Cc2ccccc2)no1. The Morgan fingerprint density at radius 2 is 2.08 bits per heavy atom. The van der Waals surface area contributed by atoms with Gasteiger partial charge in [-0.15, -0.1) is 0 Å². The molecule has 0 bridgehead atoms. The van der Waals surface area contributed by atoms with E-state index in [2.05, 4.69) is 51.0 Å². The lowest BCUT2D eigenvalue weighted by atomic mass is 10.1. The highest BCUT2D eigenvalue weighted by Gasteiger charge is 2.10. The smallest absolute Gasteiger partial charge is 0.240 e. The Kier molecular flexibility index (Phi) is 5.38. The van der Waals surface area contributed by atoms with Crippen molar-refractivity contribution in [3.63, 3.8) is 0 Å². The largest absolute Gasteiger partial charge is 0.338 e. The van der Waals surface area contributed by atoms with E-state index >= 15 is 0 Å². The maximum absolute atomic E-state index is 5.32. The van der Waals surface area contributed by atoms with Gasteiger partial charge in [-0.3, -0.25) is 0 Å². The molecule has 0 radical (unpaired) electrons. The molecule has 1 atom stereocenters. The van der Waals surface area contributed by atoms with E-state index in [4.69, 9.17) is 4.52 Å². The van der Waals surface area contributed by atoms with Gasteiger partial charge in [0.25, 0.3) is 0 Å². The molecule has 0 fully saturated rings. The van der Waals surface area contributed by atoms with Gasteiger partial charge in [-0.25, -0.2) is 4.98 Å². The lowest BCUT2D eigenvalue weighted by molar-refractivity contribution is 0.349. The Bertz CT molecular complexity index is 750. The monoisotopic (exact) mass is 325 g/mol. The molecule has 3 aromatic rings. The van der Waals surface area contributed by atoms with Gasteiger partial charge in [0.15, 0.2) is 5.82 Å². The van der Waals surface area contributed by atoms with E-state index in [0.29, 0.717) is 24.7 Å². The predicted molar refractivity (Wildman–Crippen MR) is 91.5 cm³/mol. The molecule has 0 saturated carbocycles. The number of aromatic nitrogens is 4. The molecular weight excluding hydrogens is 302 g/mol. The molecule has 6 nitrogen and oxygen atoms in total. The average Bonchev–Trinajstić information content (AvgIpc) is 3.23. The van der Waals surface area contributed by atoms with Crippen LogP contribution >= 0.6 is 0 Å². The zero-order chi connectivity index (χ0) is 16.8. The number of hydrogen-bond acceptors (Lipinski definition) is 5. The molecule has 6 heteroatoms. The molecule has 2 aromatic heterocycles. The van der Waals surface area contributed by atoms with Crippen LogP contribution in [0.4, 0.5) is 0 Å². The number of benzene rings is 1. The van der Waals surface area contributed by atoms with Crippen LogP contribution in [-0.2, 0) is 25.9 Å². The summed E-state index contributed by atoms with van der Waals surface area (Å²) in [6.07, 6.45) is 5.49. The number of nitrogens with one attached hydrogen (secondary N) is 1. The summed E-state index contributed by atoms with van der Waals surface area (Å²) in [6.45, 7) is 5.69. The first-order chi connectivity index (χ1) is 11.7. The first kappa shape index (κ1) is 16.4. The molecule has 0 aliphatic heterocycles. The van der Waals surface area contributed by atoms with Gasteiger partial charge in [-0.1, -0.05) is 42.4 Å². The summed E-state index contributed by atoms with van der Waals surface area (Å²) in [5, 5.41) is 7.47. The Labute approximate surface area is 141 Å². The van der Waals surface area contributed by atoms with Crippen LogP contribution in [0.5, 0.6) is 0 Å². The van der Waals surface area contributed by atoms with E-state index in [1.54, 1.807) is 0 Å². The zero-order valence-corrected chi connectivity index (χ0v) is 14.1. The number of nitrogens with zero attached hydrogens (tertiary/aromatic N) is 4. The topological polar surface area (TPSA) is 68.8 Å². The van der Waals surface area contributed by atoms with Crippen molar-refractivity contribution in [2.75, 3.05) is 0 Å². The summed E-state index contributed by atoms with van der Waals surface area (Å²) in [6, 6.07) is 10.4. The summed E-state index contributed by atoms with van der Waals surface area (Å²) in [5.74, 6) is 2.44. The van der Waals surface area contributed by atoms with Crippen molar-refractivity contribution in [2.45, 2.75) is 45.8 Å². The Balaban J connectivity index is 1.50. The standard InChI is InChI=1S/C18H23N5O/c1-3-17-19-9-10-23(17)13-14(2)20-12-18-21-16(22-24-18)11-15-7-5-4-6-8-15/h4-10,14,20H,3,11-13H2,1-2H3. The fourth-order valence-electron chi connectivity index (χ4n) is 2.65. The van der Waals surface area contributed by atoms with Gasteiger partial charge in [0.2, 0.25) is 5.89 Å². The number of hydrogen-bond donors (Lipinski definition) is 1. The maximum Gasteiger partial charge on any atom is 0.240 e. The highest BCUT2D eigenvalue weighted by molar-refractivity contribution is 5.18. The summed E-state index contributed by atoms with van der Waals surface area (Å²) >= 11 is 0. The van der Waals surface area contributed by atoms with Gasteiger partial charge in [0, 0.05) is 37.8 Å². The minimum absolute atomic E-state index is 0.286. The van der Waals surface area contributed by atoms with E-state index in [0.717, 1.165) is 18.8 Å². The summed E-state index contributed by atoms with van der Waals surface area (Å²) in [4.78, 5) is 8.79. The molecule has 1 N–H and O–H groups in total. The molecule has 24 heavy (non-hydrogen) atoms. The van der Waals surface area contributed by atoms with Gasteiger partial charge >= 0.3 is 0 Å². The fraction of sp³-hybridized carbons (Fsp3) is 0.389. The third-order valence-corrected chi connectivity index (χ3v) is 3.91. The highest BCUT2D eigenvalue weighted by atomic mass is 16.5. The maximum atomic E-state index is 5.32. The lowest BCUT2D eigenvalue weighted by Crippen LogP contribution is -2.30. The van der Waals surface area contributed by atoms with Crippen LogP contribution in [0.1, 0.15) is 37.0 Å². The number of rotatable bonds is 8. The molecule has 0 aliphatic rings. The second-order valence-corrected chi connectivity index (χ2v) is 5.90. The summed E-state index contributed by atoms with van der Waals surface area (Å²) in [7, 11) is 0. The molecule has 1 aromatic carbocycles. The van der Waals surface area contributed by atoms with Gasteiger partial charge in [-0.05, 0) is 12.5 Å². The third-order valence-electron chi connectivity index (χ3n) is 3.91. The molecule has 0 spiro atoms. The fourth-order valence-corrected chi connectivity index (χ4v) is 2.65. The minimum atomic E-state index is 0.286. The molecule has 126 valence electrons. The molecule has 0 aliphatic carbocycles. The number of imidazole rings is 1. The quantitative estimate of drug-likeness (QED) is 0.689. The van der Waals surface area contributed by atoms with Crippen molar-refractivity contribution in [1.29, 1.82) is 0 Å². The minimum Gasteiger partial charge on any atom is -0.338 e. The van der Waals surface area contributed by atoms with Crippen LogP contribution < -0.4 is 5.32 Å². The van der Waals surface area contributed by atoms with Crippen LogP contribution in [-0.4, -0.2) is 25.7 Å². The van der Waals surface area contributed by atoms with Crippen LogP contribution in [0, 0.1) is 0 Å². The average molecular weight is 325 g/mol. The lowest BCUT2D eigenvalue weighted by Gasteiger charge is -2.14. The summed E-state index contributed by atoms with van der Waals surface area (Å²) in [5.41, 5.74) is 1.18. The second kappa shape index (κ2) is 7.88. The van der Waals surface area contributed by atoms with E-state index in [-0.39, 0.29) is 6.04 Å². The van der Waals surface area contributed by atoms with Crippen LogP contribution in [0.25, 0.3) is 0 Å². The van der Waals surface area contributed by atoms with E-state index in [1.165, 1.54) is 5.56 Å². The molecule has 0 amide bonds. The molecule has 3 rings (SSSR count). The van der Waals surface area contributed by atoms with Crippen molar-refractivity contribution in [1.82, 2.24) is 25.0 Å². The van der Waals surface area contributed by atoms with Crippen molar-refractivity contribution in [2.24, 2.45) is 0 Å². The second-order valence-electron chi connectivity index (χ2n) is 5.90. The Hall–Kier alpha value is -2.47. The van der Waals surface area contributed by atoms with E-state index < -0.39 is 0 Å². The predicted octanol–water partition coefficient (Wildman–Crippen LogP) is 2.60. The summed E-state index contributed by atoms with van der Waals surface area (Å²) < 4.78 is 7.50. The molecule has 2 heterocycles. The third kappa shape index (κ3) is 4.29. The normalized spacial score (nSPS) is 12.4. The Morgan fingerprint density at radius 1 is 1.25 bits per heavy atom. The van der Waals surface area contributed by atoms with Crippen molar-refractivity contribution >= 4 is 0 Å². The molecule has 0 saturated heterocycles. The molecular formula is C18H23N5O. The van der Waals surface area contributed by atoms with Crippen molar-refractivity contribution < 1.29 is 4.52 Å². The van der Waals surface area contributed by atoms with Crippen LogP contribution in [0.3, 0.4) is 0 Å². The first-order valence-corrected chi connectivity index (χ1v) is 8.33. The number of aryl methyl sites for hydroxylation is 1. The highest BCUT2D eigenvalue weighted by Crippen LogP contribution is 2.07. The van der Waals surface area contributed by atoms with Crippen molar-refractivity contribution in [3.8, 4) is 0 Å². The Morgan fingerprint density at radius 3 is 2.88 bits per heavy atom. The van der Waals surface area contributed by atoms with Gasteiger partial charge < -0.3 is 14.4 Å². The van der Waals surface area contributed by atoms with E-state index in [9.17, 15) is 0 Å². The van der Waals surface area contributed by atoms with Crippen LogP contribution in [0.2, 0.25) is 0 Å². The van der Waals surface area contributed by atoms with Gasteiger partial charge in [0.1, 0.15) is 5.82 Å². The van der Waals surface area contributed by atoms with Gasteiger partial charge in [-0.2, -0.15) is 4.98 Å². The first-order valence-electron chi connectivity index (χ1n) is 8.33.